The Hall–Kier alpha value is -12.4. The van der Waals surface area contributed by atoms with Gasteiger partial charge in [-0.05, 0) is 75.2 Å². The van der Waals surface area contributed by atoms with Crippen LogP contribution in [0.3, 0.4) is 0 Å². The van der Waals surface area contributed by atoms with Crippen molar-refractivity contribution >= 4 is 111 Å². The van der Waals surface area contributed by atoms with Gasteiger partial charge in [-0.25, -0.2) is 85.8 Å². The van der Waals surface area contributed by atoms with Crippen molar-refractivity contribution < 1.29 is 190 Å². The number of hydrogen-bond donors (Lipinski definition) is 2. The van der Waals surface area contributed by atoms with E-state index in [-0.39, 0.29) is 160 Å². The molecule has 0 aromatic rings. The van der Waals surface area contributed by atoms with Gasteiger partial charge in [0.25, 0.3) is 0 Å². The molecule has 0 radical (unpaired) electrons. The van der Waals surface area contributed by atoms with Gasteiger partial charge in [-0.15, -0.1) is 0 Å². The molecule has 0 unspecified atom stereocenters. The van der Waals surface area contributed by atoms with E-state index in [1.54, 1.807) is 34.6 Å². The number of phosphoric ester groups is 2. The number of carbonyl (C=O) groups excluding carboxylic acids is 16. The van der Waals surface area contributed by atoms with Crippen LogP contribution >= 0.6 is 15.6 Å². The number of hydrogen-bond acceptors (Lipinski definition) is 38. The van der Waals surface area contributed by atoms with Gasteiger partial charge in [0.15, 0.2) is 0 Å². The Bertz CT molecular complexity index is 3550. The third-order valence-electron chi connectivity index (χ3n) is 12.9. The van der Waals surface area contributed by atoms with E-state index in [1.165, 1.54) is 34.6 Å². The highest BCUT2D eigenvalue weighted by molar-refractivity contribution is 7.47. The summed E-state index contributed by atoms with van der Waals surface area (Å²) >= 11 is 0. The molecular weight excluding hydrogens is 1700 g/mol. The molecule has 0 aromatic carbocycles. The first-order chi connectivity index (χ1) is 58.1. The molecule has 40 nitrogen and oxygen atoms in total. The minimum atomic E-state index is -4.29. The van der Waals surface area contributed by atoms with Gasteiger partial charge in [0.1, 0.15) is 106 Å². The third kappa shape index (κ3) is 76.2. The molecule has 125 heavy (non-hydrogen) atoms. The van der Waals surface area contributed by atoms with Crippen LogP contribution in [0.15, 0.2) is 198 Å². The lowest BCUT2D eigenvalue weighted by Gasteiger charge is -2.31. The first kappa shape index (κ1) is 126. The third-order valence-corrected chi connectivity index (χ3v) is 14.9. The topological polar surface area (TPSA) is 532 Å². The van der Waals surface area contributed by atoms with Gasteiger partial charge in [0, 0.05) is 92.7 Å². The monoisotopic (exact) mass is 1820 g/mol. The Labute approximate surface area is 727 Å². The second kappa shape index (κ2) is 74.2. The summed E-state index contributed by atoms with van der Waals surface area (Å²) in [4.78, 5) is 194. The van der Waals surface area contributed by atoms with Gasteiger partial charge in [-0.3, -0.25) is 18.1 Å². The lowest BCUT2D eigenvalue weighted by molar-refractivity contribution is -0.159. The lowest BCUT2D eigenvalue weighted by Crippen LogP contribution is -2.39. The van der Waals surface area contributed by atoms with Crippen molar-refractivity contribution in [2.24, 2.45) is 10.8 Å². The molecular formula is C83H118O40P2. The molecule has 0 saturated carbocycles. The minimum Gasteiger partial charge on any atom is -0.462 e. The molecule has 0 aliphatic carbocycles. The maximum absolute atomic E-state index is 11.6. The van der Waals surface area contributed by atoms with E-state index in [9.17, 15) is 90.7 Å². The van der Waals surface area contributed by atoms with Crippen molar-refractivity contribution in [1.82, 2.24) is 0 Å². The van der Waals surface area contributed by atoms with Crippen molar-refractivity contribution in [3.05, 3.63) is 198 Å². The molecule has 42 heteroatoms. The fourth-order valence-corrected chi connectivity index (χ4v) is 7.14. The van der Waals surface area contributed by atoms with Crippen LogP contribution in [0.25, 0.3) is 0 Å². The van der Waals surface area contributed by atoms with Crippen LogP contribution in [0, 0.1) is 10.8 Å². The summed E-state index contributed by atoms with van der Waals surface area (Å²) in [6.45, 7) is 68.3. The van der Waals surface area contributed by atoms with Crippen LogP contribution in [0.1, 0.15) is 89.0 Å². The van der Waals surface area contributed by atoms with E-state index in [2.05, 4.69) is 171 Å². The first-order valence-electron chi connectivity index (χ1n) is 36.4. The van der Waals surface area contributed by atoms with Crippen molar-refractivity contribution in [1.29, 1.82) is 0 Å². The summed E-state index contributed by atoms with van der Waals surface area (Å²) < 4.78 is 117. The Morgan fingerprint density at radius 2 is 0.344 bits per heavy atom. The number of rotatable bonds is 55. The normalized spacial score (nSPS) is 9.96. The molecule has 0 heterocycles. The van der Waals surface area contributed by atoms with Crippen LogP contribution in [0.5, 0.6) is 0 Å². The summed E-state index contributed by atoms with van der Waals surface area (Å²) in [7, 11) is -8.55. The molecule has 0 saturated heterocycles. The van der Waals surface area contributed by atoms with Gasteiger partial charge in [0.05, 0.1) is 37.3 Å². The highest BCUT2D eigenvalue weighted by Gasteiger charge is 2.36. The van der Waals surface area contributed by atoms with Gasteiger partial charge < -0.3 is 85.6 Å². The Kier molecular flexibility index (Phi) is 74.7. The zero-order valence-corrected chi connectivity index (χ0v) is 74.5. The second-order valence-electron chi connectivity index (χ2n) is 24.5. The fourth-order valence-electron chi connectivity index (χ4n) is 5.77. The van der Waals surface area contributed by atoms with Crippen LogP contribution < -0.4 is 0 Å². The first-order valence-corrected chi connectivity index (χ1v) is 39.3. The number of ether oxygens (including phenoxy) is 16. The van der Waals surface area contributed by atoms with Crippen LogP contribution in [-0.4, -0.2) is 237 Å². The van der Waals surface area contributed by atoms with Gasteiger partial charge >= 0.3 is 111 Å². The van der Waals surface area contributed by atoms with E-state index in [0.717, 1.165) is 42.5 Å². The average molecular weight is 1820 g/mol. The average Bonchev–Trinajstić information content (AvgIpc) is 0.861. The van der Waals surface area contributed by atoms with Gasteiger partial charge in [0.2, 0.25) is 0 Å². The maximum atomic E-state index is 11.6. The Balaban J connectivity index is -0.000000263. The maximum Gasteiger partial charge on any atom is 0.472 e. The molecule has 0 aliphatic heterocycles. The van der Waals surface area contributed by atoms with E-state index in [0.29, 0.717) is 35.1 Å². The zero-order chi connectivity index (χ0) is 98.1. The SMILES string of the molecule is C=C(C)C(=O)OCC(CC)(COC(=O)C(=C)C)COC(=O)C(=C)C.C=C(C)C(=O)OCCOC(=O)C(=C)C.C=C(C)C(=O)OCCOC(=O)C(=C)C.C=C(C)C(=O)OCCOP(=O)(O)OCCOC(=O)C(=C)C.C=CC(=O)OCC(CC)(COC(=O)C=C)COC(=O)C=C.C=CC(=O)OCCOC(=O)C=C.C=CC(=O)OCCOP(=O)(O)OCCOC(=O)C=C. The Morgan fingerprint density at radius 1 is 0.224 bits per heavy atom. The van der Waals surface area contributed by atoms with Crippen LogP contribution in [0.4, 0.5) is 0 Å². The fraction of sp³-hybridized carbons (Fsp3) is 0.422. The van der Waals surface area contributed by atoms with Gasteiger partial charge in [-0.1, -0.05) is 119 Å². The molecule has 0 amide bonds. The van der Waals surface area contributed by atoms with Crippen molar-refractivity contribution in [3.63, 3.8) is 0 Å². The molecule has 2 N–H and O–H groups in total. The number of esters is 16. The summed E-state index contributed by atoms with van der Waals surface area (Å²) in [5, 5.41) is 0. The standard InChI is InChI=1S/C18H26O6.C15H20O6.C12H19O8P.C10H15O8P.2C10H14O4.C8H10O4/c1-8-18(9-22-15(19)12(2)3,10-23-16(20)13(4)5)11-24-17(21)14(6)7;1-5-12(16)19-9-15(8-4,10-20-13(17)6-2)11-21-14(18)7-3;1-9(2)11(13)17-5-7-19-21(15,16)20-8-6-18-12(14)10(3)4;1-3-9(11)15-5-7-17-19(13,14)18-8-6-16-10(12)4-2;2*1-7(2)9(11)13-5-6-14-10(12)8(3)4;1-3-7(9)11-5-6-12-8(10)4-2/h2,4,6,8-11H2,1,3,5,7H3;5-7H,1-3,8-11H2,4H3;1,3,5-8H2,2,4H3,(H,15,16);3-4H,1-2,5-8H2,(H,13,14);2*1,3,5-6H2,2,4H3;3-4H,1-2,5-6H2. The number of carbonyl (C=O) groups is 16. The van der Waals surface area contributed by atoms with E-state index in [1.807, 2.05) is 6.92 Å². The van der Waals surface area contributed by atoms with Crippen molar-refractivity contribution in [2.45, 2.75) is 89.0 Å². The second-order valence-corrected chi connectivity index (χ2v) is 27.4. The molecule has 700 valence electrons. The largest absolute Gasteiger partial charge is 0.472 e. The predicted octanol–water partition coefficient (Wildman–Crippen LogP) is 9.14. The van der Waals surface area contributed by atoms with E-state index in [4.69, 9.17) is 33.3 Å². The van der Waals surface area contributed by atoms with Crippen LogP contribution in [0.2, 0.25) is 0 Å². The molecule has 0 aromatic heterocycles. The number of phosphoric acid groups is 2. The highest BCUT2D eigenvalue weighted by atomic mass is 31.2. The summed E-state index contributed by atoms with van der Waals surface area (Å²) in [5.41, 5.74) is 0.723. The smallest absolute Gasteiger partial charge is 0.462 e. The summed E-state index contributed by atoms with van der Waals surface area (Å²) in [6.07, 6.45) is 7.93. The lowest BCUT2D eigenvalue weighted by atomic mass is 9.88. The summed E-state index contributed by atoms with van der Waals surface area (Å²) in [6, 6.07) is 0. The predicted molar refractivity (Wildman–Crippen MR) is 449 cm³/mol. The van der Waals surface area contributed by atoms with E-state index >= 15 is 0 Å². The summed E-state index contributed by atoms with van der Waals surface area (Å²) in [5.74, 6) is -9.16. The van der Waals surface area contributed by atoms with Crippen molar-refractivity contribution in [2.75, 3.05) is 132 Å². The zero-order valence-electron chi connectivity index (χ0n) is 72.7. The molecule has 0 fully saturated rings. The molecule has 0 aliphatic rings. The molecule has 0 atom stereocenters. The molecule has 0 spiro atoms. The van der Waals surface area contributed by atoms with E-state index < -0.39 is 122 Å². The quantitative estimate of drug-likeness (QED) is 0.0188. The highest BCUT2D eigenvalue weighted by Crippen LogP contribution is 2.43. The molecule has 0 bridgehead atoms. The van der Waals surface area contributed by atoms with Gasteiger partial charge in [-0.2, -0.15) is 0 Å². The Morgan fingerprint density at radius 3 is 0.488 bits per heavy atom. The minimum absolute atomic E-state index is 0.0322. The van der Waals surface area contributed by atoms with Crippen molar-refractivity contribution in [3.8, 4) is 0 Å². The molecule has 0 rings (SSSR count). The van der Waals surface area contributed by atoms with Crippen LogP contribution in [-0.2, 0) is 180 Å².